The summed E-state index contributed by atoms with van der Waals surface area (Å²) in [5.41, 5.74) is 2.40. The van der Waals surface area contributed by atoms with Gasteiger partial charge in [-0.15, -0.1) is 0 Å². The fourth-order valence-electron chi connectivity index (χ4n) is 4.74. The van der Waals surface area contributed by atoms with Crippen molar-refractivity contribution >= 4 is 5.91 Å². The predicted octanol–water partition coefficient (Wildman–Crippen LogP) is 5.20. The Bertz CT molecular complexity index is 981. The van der Waals surface area contributed by atoms with Crippen LogP contribution in [0.4, 0.5) is 43.9 Å². The standard InChI is InChI=1S/C23H27F10N4O/c1-35-8-10-36(11-9-35)15-4-6-37(7-5-15)19(38)18(34)13-14-2-3-16(20(24,25)22(28,29)30)17(12-14)21(26,27)23(31,32)33/h2-3,12,15,18,34H,4-11,13H2,1H3/q-1/t18-/m1/s1. The van der Waals surface area contributed by atoms with Gasteiger partial charge in [-0.25, -0.2) is 0 Å². The summed E-state index contributed by atoms with van der Waals surface area (Å²) in [5, 5.41) is 0. The molecule has 2 saturated heterocycles. The van der Waals surface area contributed by atoms with Gasteiger partial charge in [0.15, 0.2) is 0 Å². The third kappa shape index (κ3) is 6.19. The number of carbonyl (C=O) groups is 1. The van der Waals surface area contributed by atoms with Gasteiger partial charge in [-0.05, 0) is 37.9 Å². The van der Waals surface area contributed by atoms with Crippen LogP contribution in [0.3, 0.4) is 0 Å². The highest BCUT2D eigenvalue weighted by molar-refractivity contribution is 5.83. The van der Waals surface area contributed by atoms with Gasteiger partial charge in [-0.2, -0.15) is 43.9 Å². The van der Waals surface area contributed by atoms with Gasteiger partial charge >= 0.3 is 24.2 Å². The molecule has 2 aliphatic heterocycles. The molecule has 0 unspecified atom stereocenters. The Labute approximate surface area is 212 Å². The summed E-state index contributed by atoms with van der Waals surface area (Å²) < 4.78 is 133. The van der Waals surface area contributed by atoms with Crippen molar-refractivity contribution in [2.45, 2.75) is 55.5 Å². The second-order valence-electron chi connectivity index (χ2n) is 9.68. The van der Waals surface area contributed by atoms with Crippen molar-refractivity contribution in [3.05, 3.63) is 40.6 Å². The summed E-state index contributed by atoms with van der Waals surface area (Å²) in [6, 6.07) is -1.24. The molecule has 1 amide bonds. The normalized spacial score (nSPS) is 20.6. The van der Waals surface area contributed by atoms with E-state index < -0.39 is 59.3 Å². The molecule has 5 nitrogen and oxygen atoms in total. The van der Waals surface area contributed by atoms with Crippen LogP contribution in [0.1, 0.15) is 29.5 Å². The van der Waals surface area contributed by atoms with E-state index in [0.717, 1.165) is 26.2 Å². The van der Waals surface area contributed by atoms with E-state index in [9.17, 15) is 48.7 Å². The number of halogens is 10. The maximum atomic E-state index is 14.1. The van der Waals surface area contributed by atoms with Crippen molar-refractivity contribution in [2.75, 3.05) is 46.3 Å². The lowest BCUT2D eigenvalue weighted by Crippen LogP contribution is -2.53. The van der Waals surface area contributed by atoms with Crippen LogP contribution in [0, 0.1) is 0 Å². The maximum Gasteiger partial charge on any atom is 0.458 e. The molecule has 1 aromatic carbocycles. The van der Waals surface area contributed by atoms with E-state index in [1.54, 1.807) is 0 Å². The molecule has 0 aliphatic carbocycles. The number of alkyl halides is 10. The number of amides is 1. The van der Waals surface area contributed by atoms with Gasteiger partial charge in [0, 0.05) is 56.4 Å². The van der Waals surface area contributed by atoms with Gasteiger partial charge in [-0.3, -0.25) is 9.69 Å². The zero-order valence-electron chi connectivity index (χ0n) is 20.3. The summed E-state index contributed by atoms with van der Waals surface area (Å²) in [5.74, 6) is -12.8. The quantitative estimate of drug-likeness (QED) is 0.446. The Balaban J connectivity index is 1.75. The third-order valence-corrected chi connectivity index (χ3v) is 7.04. The molecule has 38 heavy (non-hydrogen) atoms. The minimum atomic E-state index is -6.47. The molecular formula is C23H27F10N4O-. The average molecular weight is 565 g/mol. The molecule has 1 aromatic rings. The monoisotopic (exact) mass is 565 g/mol. The number of nitrogens with zero attached hydrogens (tertiary/aromatic N) is 3. The van der Waals surface area contributed by atoms with Crippen molar-refractivity contribution in [3.8, 4) is 0 Å². The number of piperazine rings is 1. The Morgan fingerprint density at radius 1 is 0.842 bits per heavy atom. The zero-order chi connectivity index (χ0) is 28.7. The lowest BCUT2D eigenvalue weighted by Gasteiger charge is -2.43. The van der Waals surface area contributed by atoms with Crippen molar-refractivity contribution in [2.24, 2.45) is 0 Å². The number of piperidine rings is 1. The van der Waals surface area contributed by atoms with Gasteiger partial charge in [-0.1, -0.05) is 18.2 Å². The highest BCUT2D eigenvalue weighted by Gasteiger charge is 2.65. The third-order valence-electron chi connectivity index (χ3n) is 7.04. The molecule has 3 rings (SSSR count). The number of benzene rings is 1. The molecule has 216 valence electrons. The first-order chi connectivity index (χ1) is 17.4. The number of hydrogen-bond donors (Lipinski definition) is 0. The average Bonchev–Trinajstić information content (AvgIpc) is 2.82. The summed E-state index contributed by atoms with van der Waals surface area (Å²) in [6.07, 6.45) is -12.4. The molecule has 2 heterocycles. The van der Waals surface area contributed by atoms with Gasteiger partial charge in [0.1, 0.15) is 0 Å². The molecule has 0 aromatic heterocycles. The van der Waals surface area contributed by atoms with Crippen LogP contribution in [-0.4, -0.2) is 91.4 Å². The molecule has 0 spiro atoms. The summed E-state index contributed by atoms with van der Waals surface area (Å²) in [7, 11) is 2.01. The Morgan fingerprint density at radius 3 is 1.84 bits per heavy atom. The van der Waals surface area contributed by atoms with E-state index in [1.807, 2.05) is 7.05 Å². The maximum absolute atomic E-state index is 14.1. The number of hydrogen-bond acceptors (Lipinski definition) is 3. The van der Waals surface area contributed by atoms with Gasteiger partial charge < -0.3 is 15.5 Å². The number of carbonyl (C=O) groups excluding carboxylic acids is 1. The largest absolute Gasteiger partial charge is 0.667 e. The molecule has 0 saturated carbocycles. The lowest BCUT2D eigenvalue weighted by molar-refractivity contribution is -0.301. The number of nitrogens with one attached hydrogen (secondary N) is 1. The fraction of sp³-hybridized carbons (Fsp3) is 0.696. The van der Waals surface area contributed by atoms with Gasteiger partial charge in [0.2, 0.25) is 5.91 Å². The molecule has 15 heteroatoms. The van der Waals surface area contributed by atoms with E-state index in [-0.39, 0.29) is 18.2 Å². The molecule has 2 fully saturated rings. The second-order valence-corrected chi connectivity index (χ2v) is 9.68. The minimum Gasteiger partial charge on any atom is -0.667 e. The minimum absolute atomic E-state index is 0.128. The molecular weight excluding hydrogens is 538 g/mol. The van der Waals surface area contributed by atoms with Crippen LogP contribution >= 0.6 is 0 Å². The van der Waals surface area contributed by atoms with E-state index in [1.165, 1.54) is 4.90 Å². The molecule has 2 aliphatic rings. The van der Waals surface area contributed by atoms with Gasteiger partial charge in [0.25, 0.3) is 0 Å². The zero-order valence-corrected chi connectivity index (χ0v) is 20.3. The van der Waals surface area contributed by atoms with Crippen LogP contribution in [0.25, 0.3) is 5.73 Å². The van der Waals surface area contributed by atoms with E-state index >= 15 is 0 Å². The number of likely N-dealkylation sites (N-methyl/N-ethyl adjacent to an activating group) is 1. The summed E-state index contributed by atoms with van der Waals surface area (Å²) in [4.78, 5) is 18.6. The number of likely N-dealkylation sites (tertiary alicyclic amines) is 1. The van der Waals surface area contributed by atoms with Crippen molar-refractivity contribution in [1.82, 2.24) is 14.7 Å². The van der Waals surface area contributed by atoms with E-state index in [4.69, 9.17) is 5.73 Å². The van der Waals surface area contributed by atoms with E-state index in [2.05, 4.69) is 9.80 Å². The van der Waals surface area contributed by atoms with Crippen LogP contribution in [0.15, 0.2) is 18.2 Å². The van der Waals surface area contributed by atoms with Crippen LogP contribution < -0.4 is 0 Å². The summed E-state index contributed by atoms with van der Waals surface area (Å²) in [6.45, 7) is 4.11. The Hall–Kier alpha value is -2.13. The number of rotatable bonds is 6. The fourth-order valence-corrected chi connectivity index (χ4v) is 4.74. The highest BCUT2D eigenvalue weighted by atomic mass is 19.4. The van der Waals surface area contributed by atoms with Crippen LogP contribution in [0.2, 0.25) is 0 Å². The molecule has 1 atom stereocenters. The van der Waals surface area contributed by atoms with Crippen molar-refractivity contribution in [1.29, 1.82) is 0 Å². The highest BCUT2D eigenvalue weighted by Crippen LogP contribution is 2.52. The van der Waals surface area contributed by atoms with Crippen LogP contribution in [0.5, 0.6) is 0 Å². The second kappa shape index (κ2) is 10.8. The first-order valence-corrected chi connectivity index (χ1v) is 11.8. The molecule has 0 radical (unpaired) electrons. The van der Waals surface area contributed by atoms with Crippen molar-refractivity contribution in [3.63, 3.8) is 0 Å². The lowest BCUT2D eigenvalue weighted by atomic mass is 9.91. The topological polar surface area (TPSA) is 50.6 Å². The predicted molar refractivity (Wildman–Crippen MR) is 117 cm³/mol. The molecule has 0 bridgehead atoms. The first-order valence-electron chi connectivity index (χ1n) is 11.8. The summed E-state index contributed by atoms with van der Waals surface area (Å²) >= 11 is 0. The van der Waals surface area contributed by atoms with Crippen molar-refractivity contribution < 1.29 is 48.7 Å². The Morgan fingerprint density at radius 2 is 1.34 bits per heavy atom. The Kier molecular flexibility index (Phi) is 8.64. The first kappa shape index (κ1) is 30.4. The van der Waals surface area contributed by atoms with Crippen LogP contribution in [-0.2, 0) is 23.1 Å². The molecule has 1 N–H and O–H groups in total. The smallest absolute Gasteiger partial charge is 0.458 e. The van der Waals surface area contributed by atoms with Gasteiger partial charge in [0.05, 0.1) is 0 Å². The SMILES string of the molecule is CN1CCN(C2CCN(C(=O)[C@H]([NH-])Cc3ccc(C(F)(F)C(F)(F)F)c(C(F)(F)C(F)(F)F)c3)CC2)CC1. The van der Waals surface area contributed by atoms with E-state index in [0.29, 0.717) is 32.0 Å².